The lowest BCUT2D eigenvalue weighted by molar-refractivity contribution is -0.141. The summed E-state index contributed by atoms with van der Waals surface area (Å²) in [6, 6.07) is 3.59. The Labute approximate surface area is 172 Å². The number of hydrogen-bond donors (Lipinski definition) is 2. The van der Waals surface area contributed by atoms with E-state index in [9.17, 15) is 13.2 Å². The van der Waals surface area contributed by atoms with Crippen molar-refractivity contribution in [3.8, 4) is 0 Å². The number of nitrogens with one attached hydrogen (secondary N) is 1. The van der Waals surface area contributed by atoms with Crippen molar-refractivity contribution in [3.05, 3.63) is 30.1 Å². The fraction of sp³-hybridized carbons (Fsp3) is 0.632. The molecule has 0 aromatic carbocycles. The van der Waals surface area contributed by atoms with E-state index in [1.165, 1.54) is 6.26 Å². The standard InChI is InChI=1S/C18H28N4O3S.CH2O2/c1-21-13-8-18(7-3-12-22(16(18)14-21)26(2,24)25)17(23)20-11-6-15-4-9-19-10-5-15;2-1-3/h4-5,9-10,16H,3,6-8,11-14H2,1-2H3,(H,20,23);1H,(H,2,3)/t16-,18+;/m0./s1. The van der Waals surface area contributed by atoms with E-state index >= 15 is 0 Å². The number of amides is 1. The molecule has 0 bridgehead atoms. The molecule has 2 aliphatic rings. The number of hydrogen-bond acceptors (Lipinski definition) is 6. The largest absolute Gasteiger partial charge is 0.483 e. The summed E-state index contributed by atoms with van der Waals surface area (Å²) in [5.74, 6) is -0.00185. The molecule has 0 unspecified atom stereocenters. The van der Waals surface area contributed by atoms with E-state index < -0.39 is 15.4 Å². The predicted octanol–water partition coefficient (Wildman–Crippen LogP) is 0.187. The lowest BCUT2D eigenvalue weighted by Gasteiger charge is -2.52. The topological polar surface area (TPSA) is 120 Å². The van der Waals surface area contributed by atoms with Gasteiger partial charge in [-0.2, -0.15) is 4.31 Å². The molecular formula is C19H30N4O5S. The lowest BCUT2D eigenvalue weighted by Crippen LogP contribution is -2.66. The van der Waals surface area contributed by atoms with Crippen molar-refractivity contribution >= 4 is 22.4 Å². The summed E-state index contributed by atoms with van der Waals surface area (Å²) in [5.41, 5.74) is 0.505. The minimum Gasteiger partial charge on any atom is -0.483 e. The molecule has 2 aliphatic heterocycles. The Morgan fingerprint density at radius 1 is 1.34 bits per heavy atom. The first-order valence-electron chi connectivity index (χ1n) is 9.65. The van der Waals surface area contributed by atoms with E-state index in [-0.39, 0.29) is 18.4 Å². The third kappa shape index (κ3) is 5.74. The van der Waals surface area contributed by atoms with Crippen molar-refractivity contribution in [2.45, 2.75) is 31.7 Å². The Morgan fingerprint density at radius 3 is 2.62 bits per heavy atom. The van der Waals surface area contributed by atoms with Crippen LogP contribution >= 0.6 is 0 Å². The number of likely N-dealkylation sites (N-methyl/N-ethyl adjacent to an activating group) is 1. The Kier molecular flexibility index (Phi) is 8.12. The molecule has 0 radical (unpaired) electrons. The smallest absolute Gasteiger partial charge is 0.290 e. The van der Waals surface area contributed by atoms with Gasteiger partial charge in [-0.1, -0.05) is 0 Å². The molecule has 0 spiro atoms. The van der Waals surface area contributed by atoms with Crippen LogP contribution in [0.3, 0.4) is 0 Å². The van der Waals surface area contributed by atoms with Crippen LogP contribution in [0.4, 0.5) is 0 Å². The molecule has 1 aromatic heterocycles. The maximum Gasteiger partial charge on any atom is 0.290 e. The summed E-state index contributed by atoms with van der Waals surface area (Å²) in [7, 11) is -1.35. The highest BCUT2D eigenvalue weighted by Crippen LogP contribution is 2.43. The van der Waals surface area contributed by atoms with Gasteiger partial charge in [-0.05, 0) is 57.0 Å². The van der Waals surface area contributed by atoms with Crippen LogP contribution in [0.2, 0.25) is 0 Å². The zero-order valence-electron chi connectivity index (χ0n) is 17.0. The van der Waals surface area contributed by atoms with Crippen LogP contribution in [0.5, 0.6) is 0 Å². The van der Waals surface area contributed by atoms with Crippen LogP contribution in [0.25, 0.3) is 0 Å². The van der Waals surface area contributed by atoms with Gasteiger partial charge in [-0.3, -0.25) is 14.6 Å². The summed E-state index contributed by atoms with van der Waals surface area (Å²) in [6.45, 7) is 2.21. The minimum absolute atomic E-state index is 0.00185. The molecule has 2 N–H and O–H groups in total. The zero-order chi connectivity index (χ0) is 21.5. The number of aromatic nitrogens is 1. The zero-order valence-corrected chi connectivity index (χ0v) is 17.8. The molecule has 9 nitrogen and oxygen atoms in total. The average Bonchev–Trinajstić information content (AvgIpc) is 2.68. The number of carboxylic acid groups (broad SMARTS) is 1. The van der Waals surface area contributed by atoms with Crippen LogP contribution < -0.4 is 5.32 Å². The number of carbonyl (C=O) groups is 2. The number of rotatable bonds is 5. The Balaban J connectivity index is 0.000000941. The SMILES string of the molecule is CN1CC[C@]2(C(=O)NCCc3ccncc3)CCCN(S(C)(=O)=O)[C@H]2C1.O=CO. The summed E-state index contributed by atoms with van der Waals surface area (Å²) in [6.07, 6.45) is 7.65. The van der Waals surface area contributed by atoms with Gasteiger partial charge in [0.2, 0.25) is 15.9 Å². The monoisotopic (exact) mass is 426 g/mol. The molecular weight excluding hydrogens is 396 g/mol. The number of carbonyl (C=O) groups excluding carboxylic acids is 1. The van der Waals surface area contributed by atoms with Gasteiger partial charge in [0.25, 0.3) is 6.47 Å². The minimum atomic E-state index is -3.34. The van der Waals surface area contributed by atoms with Gasteiger partial charge in [-0.15, -0.1) is 0 Å². The summed E-state index contributed by atoms with van der Waals surface area (Å²) < 4.78 is 26.1. The van der Waals surface area contributed by atoms with Crippen molar-refractivity contribution in [1.82, 2.24) is 19.5 Å². The van der Waals surface area contributed by atoms with Crippen LogP contribution in [0.1, 0.15) is 24.8 Å². The highest BCUT2D eigenvalue weighted by atomic mass is 32.2. The molecule has 2 saturated heterocycles. The van der Waals surface area contributed by atoms with Crippen LogP contribution in [-0.4, -0.2) is 85.6 Å². The second kappa shape index (κ2) is 10.1. The van der Waals surface area contributed by atoms with Gasteiger partial charge in [0.15, 0.2) is 0 Å². The summed E-state index contributed by atoms with van der Waals surface area (Å²) in [5, 5.41) is 9.97. The number of fused-ring (bicyclic) bond motifs is 1. The van der Waals surface area contributed by atoms with Gasteiger partial charge in [0, 0.05) is 32.0 Å². The third-order valence-electron chi connectivity index (χ3n) is 5.74. The second-order valence-corrected chi connectivity index (χ2v) is 9.56. The summed E-state index contributed by atoms with van der Waals surface area (Å²) >= 11 is 0. The van der Waals surface area contributed by atoms with Gasteiger partial charge in [0.05, 0.1) is 17.7 Å². The lowest BCUT2D eigenvalue weighted by atomic mass is 9.68. The van der Waals surface area contributed by atoms with Crippen LogP contribution in [0.15, 0.2) is 24.5 Å². The Hall–Kier alpha value is -2.04. The van der Waals surface area contributed by atoms with Gasteiger partial charge in [-0.25, -0.2) is 8.42 Å². The first-order chi connectivity index (χ1) is 13.7. The number of likely N-dealkylation sites (tertiary alicyclic amines) is 1. The molecule has 2 fully saturated rings. The third-order valence-corrected chi connectivity index (χ3v) is 7.03. The molecule has 0 aliphatic carbocycles. The molecule has 3 heterocycles. The van der Waals surface area contributed by atoms with Crippen molar-refractivity contribution in [1.29, 1.82) is 0 Å². The molecule has 2 atom stereocenters. The molecule has 3 rings (SSSR count). The molecule has 10 heteroatoms. The maximum absolute atomic E-state index is 13.2. The van der Waals surface area contributed by atoms with Gasteiger partial charge < -0.3 is 15.3 Å². The average molecular weight is 427 g/mol. The van der Waals surface area contributed by atoms with Gasteiger partial charge >= 0.3 is 0 Å². The van der Waals surface area contributed by atoms with Crippen molar-refractivity contribution < 1.29 is 23.1 Å². The summed E-state index contributed by atoms with van der Waals surface area (Å²) in [4.78, 5) is 27.6. The maximum atomic E-state index is 13.2. The molecule has 29 heavy (non-hydrogen) atoms. The second-order valence-electron chi connectivity index (χ2n) is 7.63. The van der Waals surface area contributed by atoms with Crippen LogP contribution in [0, 0.1) is 5.41 Å². The van der Waals surface area contributed by atoms with E-state index in [2.05, 4.69) is 15.2 Å². The highest BCUT2D eigenvalue weighted by molar-refractivity contribution is 7.88. The van der Waals surface area contributed by atoms with E-state index in [1.54, 1.807) is 16.7 Å². The molecule has 0 saturated carbocycles. The number of sulfonamides is 1. The van der Waals surface area contributed by atoms with E-state index in [4.69, 9.17) is 9.90 Å². The quantitative estimate of drug-likeness (QED) is 0.645. The fourth-order valence-corrected chi connectivity index (χ4v) is 5.50. The number of pyridine rings is 1. The number of piperidine rings is 2. The molecule has 1 aromatic rings. The normalized spacial score (nSPS) is 25.2. The first kappa shape index (κ1) is 23.2. The van der Waals surface area contributed by atoms with Crippen molar-refractivity contribution in [3.63, 3.8) is 0 Å². The highest BCUT2D eigenvalue weighted by Gasteiger charge is 2.54. The van der Waals surface area contributed by atoms with Crippen molar-refractivity contribution in [2.24, 2.45) is 5.41 Å². The van der Waals surface area contributed by atoms with E-state index in [1.807, 2.05) is 19.2 Å². The van der Waals surface area contributed by atoms with E-state index in [0.717, 1.165) is 31.4 Å². The van der Waals surface area contributed by atoms with E-state index in [0.29, 0.717) is 26.1 Å². The Bertz CT molecular complexity index is 789. The van der Waals surface area contributed by atoms with Gasteiger partial charge in [0.1, 0.15) is 0 Å². The first-order valence-corrected chi connectivity index (χ1v) is 11.5. The number of nitrogens with zero attached hydrogens (tertiary/aromatic N) is 3. The van der Waals surface area contributed by atoms with Crippen molar-refractivity contribution in [2.75, 3.05) is 39.5 Å². The predicted molar refractivity (Wildman–Crippen MR) is 109 cm³/mol. The van der Waals surface area contributed by atoms with Crippen LogP contribution in [-0.2, 0) is 26.0 Å². The fourth-order valence-electron chi connectivity index (χ4n) is 4.30. The Morgan fingerprint density at radius 2 is 2.00 bits per heavy atom. The molecule has 162 valence electrons. The molecule has 1 amide bonds.